The monoisotopic (exact) mass is 423 g/mol. The standard InChI is InChI=1S/C24H33N5O2/c1-6-28(16-24(2,3)15-27(4)5)14-17-9-10-20-18(12-17)13-21(26-20)19-8-7-11-29(22(19)30)23(25)31/h7-13,26H,6,14-16H2,1-5H3,(H2,25,31). The molecule has 0 saturated heterocycles. The Morgan fingerprint density at radius 3 is 2.55 bits per heavy atom. The van der Waals surface area contributed by atoms with Gasteiger partial charge in [0.1, 0.15) is 0 Å². The minimum absolute atomic E-state index is 0.193. The van der Waals surface area contributed by atoms with E-state index in [4.69, 9.17) is 5.73 Å². The fraction of sp³-hybridized carbons (Fsp3) is 0.417. The minimum atomic E-state index is -0.790. The van der Waals surface area contributed by atoms with Gasteiger partial charge in [-0.1, -0.05) is 26.8 Å². The van der Waals surface area contributed by atoms with E-state index in [9.17, 15) is 9.59 Å². The smallest absolute Gasteiger partial charge is 0.325 e. The van der Waals surface area contributed by atoms with Crippen molar-refractivity contribution in [3.8, 4) is 11.3 Å². The molecule has 1 aromatic carbocycles. The SMILES string of the molecule is CCN(Cc1ccc2[nH]c(-c3cccn(C(N)=O)c3=O)cc2c1)CC(C)(C)CN(C)C. The summed E-state index contributed by atoms with van der Waals surface area (Å²) in [5.74, 6) is 0. The van der Waals surface area contributed by atoms with E-state index in [1.807, 2.05) is 12.1 Å². The summed E-state index contributed by atoms with van der Waals surface area (Å²) in [7, 11) is 4.22. The predicted octanol–water partition coefficient (Wildman–Crippen LogP) is 3.33. The van der Waals surface area contributed by atoms with E-state index in [0.29, 0.717) is 11.3 Å². The Kier molecular flexibility index (Phi) is 6.67. The van der Waals surface area contributed by atoms with Crippen LogP contribution in [0.4, 0.5) is 4.79 Å². The third kappa shape index (κ3) is 5.42. The fourth-order valence-corrected chi connectivity index (χ4v) is 4.35. The van der Waals surface area contributed by atoms with Crippen molar-refractivity contribution >= 4 is 16.9 Å². The molecule has 0 aliphatic rings. The van der Waals surface area contributed by atoms with Crippen LogP contribution >= 0.6 is 0 Å². The molecule has 2 heterocycles. The van der Waals surface area contributed by atoms with E-state index in [1.54, 1.807) is 12.1 Å². The molecule has 7 nitrogen and oxygen atoms in total. The molecule has 0 radical (unpaired) electrons. The molecule has 0 atom stereocenters. The van der Waals surface area contributed by atoms with Crippen molar-refractivity contribution in [2.24, 2.45) is 11.1 Å². The van der Waals surface area contributed by atoms with E-state index in [-0.39, 0.29) is 5.41 Å². The number of hydrogen-bond acceptors (Lipinski definition) is 4. The van der Waals surface area contributed by atoms with Crippen LogP contribution in [0.5, 0.6) is 0 Å². The lowest BCUT2D eigenvalue weighted by Crippen LogP contribution is -2.39. The Labute approximate surface area is 183 Å². The minimum Gasteiger partial charge on any atom is -0.354 e. The van der Waals surface area contributed by atoms with Gasteiger partial charge in [-0.3, -0.25) is 9.69 Å². The highest BCUT2D eigenvalue weighted by Crippen LogP contribution is 2.25. The van der Waals surface area contributed by atoms with Gasteiger partial charge in [-0.05, 0) is 62.0 Å². The maximum atomic E-state index is 12.6. The zero-order valence-corrected chi connectivity index (χ0v) is 19.1. The first-order valence-electron chi connectivity index (χ1n) is 10.6. The predicted molar refractivity (Wildman–Crippen MR) is 126 cm³/mol. The molecule has 0 spiro atoms. The summed E-state index contributed by atoms with van der Waals surface area (Å²) in [6, 6.07) is 10.8. The summed E-state index contributed by atoms with van der Waals surface area (Å²) in [6.07, 6.45) is 1.38. The second-order valence-electron chi connectivity index (χ2n) is 9.25. The summed E-state index contributed by atoms with van der Waals surface area (Å²) < 4.78 is 0.918. The van der Waals surface area contributed by atoms with Gasteiger partial charge in [0.05, 0.1) is 11.3 Å². The number of amides is 1. The van der Waals surface area contributed by atoms with Gasteiger partial charge in [0, 0.05) is 36.7 Å². The summed E-state index contributed by atoms with van der Waals surface area (Å²) >= 11 is 0. The van der Waals surface area contributed by atoms with Gasteiger partial charge in [0.2, 0.25) is 0 Å². The maximum absolute atomic E-state index is 12.6. The molecule has 7 heteroatoms. The topological polar surface area (TPSA) is 87.4 Å². The lowest BCUT2D eigenvalue weighted by Gasteiger charge is -2.34. The quantitative estimate of drug-likeness (QED) is 0.582. The number of carbonyl (C=O) groups is 1. The lowest BCUT2D eigenvalue weighted by molar-refractivity contribution is 0.143. The number of pyridine rings is 1. The van der Waals surface area contributed by atoms with E-state index < -0.39 is 11.6 Å². The van der Waals surface area contributed by atoms with Crippen molar-refractivity contribution in [3.05, 3.63) is 58.5 Å². The number of primary amides is 1. The number of aromatic amines is 1. The van der Waals surface area contributed by atoms with Crippen LogP contribution in [0, 0.1) is 5.41 Å². The van der Waals surface area contributed by atoms with Crippen LogP contribution in [-0.2, 0) is 6.54 Å². The number of nitrogens with one attached hydrogen (secondary N) is 1. The van der Waals surface area contributed by atoms with Gasteiger partial charge < -0.3 is 15.6 Å². The normalized spacial score (nSPS) is 12.2. The first-order chi connectivity index (χ1) is 14.6. The molecule has 0 fully saturated rings. The number of aromatic nitrogens is 2. The molecule has 0 saturated carbocycles. The largest absolute Gasteiger partial charge is 0.354 e. The Morgan fingerprint density at radius 2 is 1.90 bits per heavy atom. The Hall–Kier alpha value is -2.90. The molecule has 0 aliphatic carbocycles. The maximum Gasteiger partial charge on any atom is 0.325 e. The number of fused-ring (bicyclic) bond motifs is 1. The molecule has 1 amide bonds. The number of hydrogen-bond donors (Lipinski definition) is 2. The van der Waals surface area contributed by atoms with Crippen molar-refractivity contribution in [1.82, 2.24) is 19.4 Å². The Morgan fingerprint density at radius 1 is 1.16 bits per heavy atom. The van der Waals surface area contributed by atoms with Gasteiger partial charge in [-0.2, -0.15) is 0 Å². The summed E-state index contributed by atoms with van der Waals surface area (Å²) in [5, 5.41) is 1.03. The fourth-order valence-electron chi connectivity index (χ4n) is 4.35. The van der Waals surface area contributed by atoms with Gasteiger partial charge in [-0.15, -0.1) is 0 Å². The third-order valence-electron chi connectivity index (χ3n) is 5.41. The molecule has 0 bridgehead atoms. The zero-order valence-electron chi connectivity index (χ0n) is 19.1. The van der Waals surface area contributed by atoms with Gasteiger partial charge >= 0.3 is 6.03 Å². The van der Waals surface area contributed by atoms with Crippen LogP contribution in [0.3, 0.4) is 0 Å². The molecular formula is C24H33N5O2. The molecule has 3 aromatic rings. The lowest BCUT2D eigenvalue weighted by atomic mass is 9.92. The summed E-state index contributed by atoms with van der Waals surface area (Å²) in [4.78, 5) is 32.0. The molecule has 3 rings (SSSR count). The van der Waals surface area contributed by atoms with Crippen molar-refractivity contribution in [2.75, 3.05) is 33.7 Å². The second kappa shape index (κ2) is 9.08. The highest BCUT2D eigenvalue weighted by Gasteiger charge is 2.22. The zero-order chi connectivity index (χ0) is 22.8. The van der Waals surface area contributed by atoms with Crippen LogP contribution in [0.2, 0.25) is 0 Å². The van der Waals surface area contributed by atoms with Crippen LogP contribution < -0.4 is 11.3 Å². The average molecular weight is 424 g/mol. The van der Waals surface area contributed by atoms with Crippen LogP contribution in [-0.4, -0.2) is 59.1 Å². The molecule has 0 aliphatic heterocycles. The molecule has 166 valence electrons. The van der Waals surface area contributed by atoms with Crippen LogP contribution in [0.1, 0.15) is 26.3 Å². The number of H-pyrrole nitrogens is 1. The van der Waals surface area contributed by atoms with Gasteiger partial charge in [-0.25, -0.2) is 9.36 Å². The number of nitrogens with zero attached hydrogens (tertiary/aromatic N) is 3. The van der Waals surface area contributed by atoms with Crippen molar-refractivity contribution in [2.45, 2.75) is 27.3 Å². The second-order valence-corrected chi connectivity index (χ2v) is 9.25. The van der Waals surface area contributed by atoms with Crippen LogP contribution in [0.25, 0.3) is 22.2 Å². The molecular weight excluding hydrogens is 390 g/mol. The summed E-state index contributed by atoms with van der Waals surface area (Å²) in [6.45, 7) is 10.7. The molecule has 2 aromatic heterocycles. The number of carbonyl (C=O) groups excluding carboxylic acids is 1. The number of rotatable bonds is 8. The first-order valence-corrected chi connectivity index (χ1v) is 10.6. The van der Waals surface area contributed by atoms with E-state index >= 15 is 0 Å². The Bertz CT molecular complexity index is 1130. The van der Waals surface area contributed by atoms with Crippen molar-refractivity contribution < 1.29 is 4.79 Å². The van der Waals surface area contributed by atoms with Crippen LogP contribution in [0.15, 0.2) is 47.4 Å². The average Bonchev–Trinajstić information content (AvgIpc) is 3.09. The van der Waals surface area contributed by atoms with Gasteiger partial charge in [0.15, 0.2) is 0 Å². The molecule has 3 N–H and O–H groups in total. The number of benzene rings is 1. The Balaban J connectivity index is 1.85. The molecule has 31 heavy (non-hydrogen) atoms. The van der Waals surface area contributed by atoms with E-state index in [1.165, 1.54) is 11.8 Å². The van der Waals surface area contributed by atoms with Crippen molar-refractivity contribution in [1.29, 1.82) is 0 Å². The highest BCUT2D eigenvalue weighted by atomic mass is 16.2. The van der Waals surface area contributed by atoms with Gasteiger partial charge in [0.25, 0.3) is 5.56 Å². The highest BCUT2D eigenvalue weighted by molar-refractivity contribution is 5.86. The third-order valence-corrected chi connectivity index (χ3v) is 5.41. The van der Waals surface area contributed by atoms with E-state index in [2.05, 4.69) is 61.8 Å². The van der Waals surface area contributed by atoms with E-state index in [0.717, 1.165) is 41.6 Å². The molecule has 0 unspecified atom stereocenters. The summed E-state index contributed by atoms with van der Waals surface area (Å²) in [5.41, 5.74) is 8.32. The van der Waals surface area contributed by atoms with Crippen molar-refractivity contribution in [3.63, 3.8) is 0 Å². The number of nitrogens with two attached hydrogens (primary N) is 1. The first kappa shape index (κ1) is 22.8.